The van der Waals surface area contributed by atoms with Gasteiger partial charge >= 0.3 is 0 Å². The number of methoxy groups -OCH3 is 1. The Bertz CT molecular complexity index is 463. The van der Waals surface area contributed by atoms with Crippen LogP contribution >= 0.6 is 0 Å². The maximum Gasteiger partial charge on any atom is 0.147 e. The van der Waals surface area contributed by atoms with E-state index in [1.54, 1.807) is 7.11 Å². The zero-order valence-electron chi connectivity index (χ0n) is 10.4. The van der Waals surface area contributed by atoms with Gasteiger partial charge in [0.25, 0.3) is 0 Å². The maximum atomic E-state index is 11.1. The molecule has 0 aliphatic carbocycles. The first-order valence-corrected chi connectivity index (χ1v) is 7.42. The van der Waals surface area contributed by atoms with Crippen LogP contribution in [0.5, 0.6) is 5.75 Å². The molecule has 1 aromatic carbocycles. The number of nitrogens with two attached hydrogens (primary N) is 1. The third-order valence-electron chi connectivity index (χ3n) is 2.74. The molecule has 0 radical (unpaired) electrons. The molecule has 1 rings (SSSR count). The Balaban J connectivity index is 2.81. The highest BCUT2D eigenvalue weighted by molar-refractivity contribution is 7.90. The van der Waals surface area contributed by atoms with Crippen molar-refractivity contribution in [3.63, 3.8) is 0 Å². The molecule has 1 atom stereocenters. The highest BCUT2D eigenvalue weighted by Gasteiger charge is 2.22. The normalized spacial score (nSPS) is 15.3. The molecule has 0 fully saturated rings. The summed E-state index contributed by atoms with van der Waals surface area (Å²) < 4.78 is 27.3. The molecule has 96 valence electrons. The fraction of sp³-hybridized carbons (Fsp3) is 0.500. The lowest BCUT2D eigenvalue weighted by molar-refractivity contribution is 0.413. The lowest BCUT2D eigenvalue weighted by Gasteiger charge is -2.25. The van der Waals surface area contributed by atoms with Gasteiger partial charge in [-0.15, -0.1) is 0 Å². The van der Waals surface area contributed by atoms with Crippen molar-refractivity contribution < 1.29 is 13.2 Å². The van der Waals surface area contributed by atoms with Crippen molar-refractivity contribution in [2.45, 2.75) is 18.9 Å². The van der Waals surface area contributed by atoms with Gasteiger partial charge in [-0.1, -0.05) is 12.1 Å². The van der Waals surface area contributed by atoms with Crippen molar-refractivity contribution in [1.29, 1.82) is 0 Å². The Hall–Kier alpha value is -1.07. The van der Waals surface area contributed by atoms with Gasteiger partial charge < -0.3 is 10.5 Å². The number of ether oxygens (including phenoxy) is 1. The molecule has 0 heterocycles. The van der Waals surface area contributed by atoms with E-state index in [2.05, 4.69) is 0 Å². The number of rotatable bonds is 5. The minimum absolute atomic E-state index is 0.0893. The van der Waals surface area contributed by atoms with Crippen molar-refractivity contribution in [3.8, 4) is 5.75 Å². The van der Waals surface area contributed by atoms with Crippen LogP contribution in [0.2, 0.25) is 0 Å². The summed E-state index contributed by atoms with van der Waals surface area (Å²) >= 11 is 0. The predicted octanol–water partition coefficient (Wildman–Crippen LogP) is 1.30. The molecule has 0 amide bonds. The first-order valence-electron chi connectivity index (χ1n) is 5.36. The Morgan fingerprint density at radius 2 is 1.82 bits per heavy atom. The summed E-state index contributed by atoms with van der Waals surface area (Å²) in [5, 5.41) is 0. The highest BCUT2D eigenvalue weighted by Crippen LogP contribution is 2.24. The van der Waals surface area contributed by atoms with Gasteiger partial charge in [-0.25, -0.2) is 8.42 Å². The van der Waals surface area contributed by atoms with Gasteiger partial charge in [0, 0.05) is 11.8 Å². The van der Waals surface area contributed by atoms with Crippen LogP contribution in [0.4, 0.5) is 0 Å². The van der Waals surface area contributed by atoms with Crippen LogP contribution in [0.1, 0.15) is 18.9 Å². The quantitative estimate of drug-likeness (QED) is 0.863. The van der Waals surface area contributed by atoms with Gasteiger partial charge in [0.15, 0.2) is 0 Å². The lowest BCUT2D eigenvalue weighted by Crippen LogP contribution is -2.35. The highest BCUT2D eigenvalue weighted by atomic mass is 32.2. The van der Waals surface area contributed by atoms with Gasteiger partial charge in [-0.2, -0.15) is 0 Å². The second-order valence-electron chi connectivity index (χ2n) is 4.53. The third kappa shape index (κ3) is 4.36. The Morgan fingerprint density at radius 3 is 2.24 bits per heavy atom. The van der Waals surface area contributed by atoms with Gasteiger partial charge in [0.05, 0.1) is 12.9 Å². The third-order valence-corrected chi connectivity index (χ3v) is 3.69. The summed E-state index contributed by atoms with van der Waals surface area (Å²) in [4.78, 5) is 0. The summed E-state index contributed by atoms with van der Waals surface area (Å²) in [5.74, 6) is 0.846. The van der Waals surface area contributed by atoms with Crippen molar-refractivity contribution >= 4 is 9.84 Å². The molecule has 1 aromatic rings. The Kier molecular flexibility index (Phi) is 4.16. The molecule has 0 aromatic heterocycles. The summed E-state index contributed by atoms with van der Waals surface area (Å²) in [7, 11) is -1.39. The molecular formula is C12H19NO3S. The molecule has 0 aliphatic rings. The van der Waals surface area contributed by atoms with E-state index in [0.29, 0.717) is 6.42 Å². The van der Waals surface area contributed by atoms with Crippen molar-refractivity contribution in [1.82, 2.24) is 0 Å². The van der Waals surface area contributed by atoms with Gasteiger partial charge in [0.1, 0.15) is 15.6 Å². The minimum atomic E-state index is -2.98. The molecule has 0 aliphatic heterocycles. The number of hydrogen-bond donors (Lipinski definition) is 1. The van der Waals surface area contributed by atoms with Crippen LogP contribution in [0, 0.1) is 0 Å². The van der Waals surface area contributed by atoms with Crippen molar-refractivity contribution in [2.75, 3.05) is 19.1 Å². The first kappa shape index (κ1) is 14.0. The SMILES string of the molecule is COc1ccc(C(C)(N)CCS(C)(=O)=O)cc1. The van der Waals surface area contributed by atoms with Crippen LogP contribution in [0.25, 0.3) is 0 Å². The molecule has 0 bridgehead atoms. The van der Waals surface area contributed by atoms with E-state index in [4.69, 9.17) is 10.5 Å². The number of benzene rings is 1. The fourth-order valence-electron chi connectivity index (χ4n) is 1.51. The molecule has 17 heavy (non-hydrogen) atoms. The van der Waals surface area contributed by atoms with E-state index in [-0.39, 0.29) is 5.75 Å². The Morgan fingerprint density at radius 1 is 1.29 bits per heavy atom. The molecule has 0 spiro atoms. The minimum Gasteiger partial charge on any atom is -0.497 e. The van der Waals surface area contributed by atoms with Gasteiger partial charge in [-0.05, 0) is 31.0 Å². The average molecular weight is 257 g/mol. The van der Waals surface area contributed by atoms with Crippen molar-refractivity contribution in [2.24, 2.45) is 5.73 Å². The zero-order chi connectivity index (χ0) is 13.1. The maximum absolute atomic E-state index is 11.1. The number of hydrogen-bond acceptors (Lipinski definition) is 4. The monoisotopic (exact) mass is 257 g/mol. The van der Waals surface area contributed by atoms with Crippen LogP contribution in [0.3, 0.4) is 0 Å². The zero-order valence-corrected chi connectivity index (χ0v) is 11.3. The summed E-state index contributed by atoms with van der Waals surface area (Å²) in [6.07, 6.45) is 1.62. The van der Waals surface area contributed by atoms with Crippen LogP contribution < -0.4 is 10.5 Å². The Labute approximate surface area is 103 Å². The van der Waals surface area contributed by atoms with Crippen LogP contribution in [-0.2, 0) is 15.4 Å². The lowest BCUT2D eigenvalue weighted by atomic mass is 9.90. The second-order valence-corrected chi connectivity index (χ2v) is 6.79. The molecule has 0 saturated heterocycles. The average Bonchev–Trinajstić information content (AvgIpc) is 2.26. The smallest absolute Gasteiger partial charge is 0.147 e. The fourth-order valence-corrected chi connectivity index (χ4v) is 2.31. The molecule has 5 heteroatoms. The summed E-state index contributed by atoms with van der Waals surface area (Å²) in [5.41, 5.74) is 6.39. The van der Waals surface area contributed by atoms with Crippen LogP contribution in [-0.4, -0.2) is 27.5 Å². The van der Waals surface area contributed by atoms with E-state index < -0.39 is 15.4 Å². The molecule has 4 nitrogen and oxygen atoms in total. The van der Waals surface area contributed by atoms with E-state index in [9.17, 15) is 8.42 Å². The van der Waals surface area contributed by atoms with E-state index in [1.165, 1.54) is 6.26 Å². The molecule has 1 unspecified atom stereocenters. The predicted molar refractivity (Wildman–Crippen MR) is 68.9 cm³/mol. The molecular weight excluding hydrogens is 238 g/mol. The first-order chi connectivity index (χ1) is 7.74. The van der Waals surface area contributed by atoms with Gasteiger partial charge in [-0.3, -0.25) is 0 Å². The van der Waals surface area contributed by atoms with E-state index in [0.717, 1.165) is 11.3 Å². The standard InChI is InChI=1S/C12H19NO3S/c1-12(13,8-9-17(3,14)15)10-4-6-11(16-2)7-5-10/h4-7H,8-9,13H2,1-3H3. The van der Waals surface area contributed by atoms with E-state index >= 15 is 0 Å². The summed E-state index contributed by atoms with van der Waals surface area (Å²) in [6.45, 7) is 1.83. The topological polar surface area (TPSA) is 69.4 Å². The van der Waals surface area contributed by atoms with Crippen LogP contribution in [0.15, 0.2) is 24.3 Å². The van der Waals surface area contributed by atoms with Crippen molar-refractivity contribution in [3.05, 3.63) is 29.8 Å². The molecule has 2 N–H and O–H groups in total. The molecule has 0 saturated carbocycles. The van der Waals surface area contributed by atoms with Gasteiger partial charge in [0.2, 0.25) is 0 Å². The second kappa shape index (κ2) is 5.06. The van der Waals surface area contributed by atoms with E-state index in [1.807, 2.05) is 31.2 Å². The largest absolute Gasteiger partial charge is 0.497 e. The number of sulfone groups is 1. The summed E-state index contributed by atoms with van der Waals surface area (Å²) in [6, 6.07) is 7.37.